The zero-order valence-electron chi connectivity index (χ0n) is 11.5. The predicted octanol–water partition coefficient (Wildman–Crippen LogP) is 3.37. The van der Waals surface area contributed by atoms with Gasteiger partial charge >= 0.3 is 0 Å². The van der Waals surface area contributed by atoms with Gasteiger partial charge in [-0.15, -0.1) is 0 Å². The molecule has 108 valence electrons. The van der Waals surface area contributed by atoms with Gasteiger partial charge in [0.1, 0.15) is 5.75 Å². The summed E-state index contributed by atoms with van der Waals surface area (Å²) < 4.78 is 5.14. The first kappa shape index (κ1) is 15.2. The van der Waals surface area contributed by atoms with E-state index in [9.17, 15) is 5.11 Å². The van der Waals surface area contributed by atoms with Crippen LogP contribution in [0, 0.1) is 11.3 Å². The first-order chi connectivity index (χ1) is 10.1. The standard InChI is InChI=1S/C16H15ClN2O2/c1-21-13-6-7-14(17)15(8-13)19-10-16(20)12-4-2-11(9-18)3-5-12/h2-8,16,19-20H,10H2,1H3. The summed E-state index contributed by atoms with van der Waals surface area (Å²) in [6.07, 6.45) is -0.694. The Bertz CT molecular complexity index is 650. The Kier molecular flexibility index (Phi) is 5.04. The van der Waals surface area contributed by atoms with Crippen molar-refractivity contribution in [3.8, 4) is 11.8 Å². The first-order valence-corrected chi connectivity index (χ1v) is 6.77. The zero-order valence-corrected chi connectivity index (χ0v) is 12.3. The van der Waals surface area contributed by atoms with Crippen LogP contribution in [0.1, 0.15) is 17.2 Å². The highest BCUT2D eigenvalue weighted by molar-refractivity contribution is 6.33. The Labute approximate surface area is 128 Å². The molecule has 21 heavy (non-hydrogen) atoms. The molecule has 0 heterocycles. The second-order valence-corrected chi connectivity index (χ2v) is 4.88. The Morgan fingerprint density at radius 2 is 2.00 bits per heavy atom. The van der Waals surface area contributed by atoms with Gasteiger partial charge in [0.15, 0.2) is 0 Å². The fourth-order valence-corrected chi connectivity index (χ4v) is 2.06. The highest BCUT2D eigenvalue weighted by Gasteiger charge is 2.09. The Morgan fingerprint density at radius 3 is 2.62 bits per heavy atom. The van der Waals surface area contributed by atoms with Crippen LogP contribution in [0.4, 0.5) is 5.69 Å². The number of rotatable bonds is 5. The summed E-state index contributed by atoms with van der Waals surface area (Å²) in [7, 11) is 1.58. The SMILES string of the molecule is COc1ccc(Cl)c(NCC(O)c2ccc(C#N)cc2)c1. The quantitative estimate of drug-likeness (QED) is 0.889. The maximum absolute atomic E-state index is 10.1. The van der Waals surface area contributed by atoms with Crippen molar-refractivity contribution in [2.45, 2.75) is 6.10 Å². The van der Waals surface area contributed by atoms with Gasteiger partial charge in [-0.1, -0.05) is 23.7 Å². The molecule has 2 aromatic carbocycles. The molecule has 0 aliphatic rings. The van der Waals surface area contributed by atoms with E-state index in [0.717, 1.165) is 5.56 Å². The molecule has 0 saturated heterocycles. The molecule has 0 saturated carbocycles. The molecule has 0 radical (unpaired) electrons. The van der Waals surface area contributed by atoms with Crippen LogP contribution in [-0.4, -0.2) is 18.8 Å². The molecule has 0 fully saturated rings. The third-order valence-corrected chi connectivity index (χ3v) is 3.41. The monoisotopic (exact) mass is 302 g/mol. The number of aliphatic hydroxyl groups excluding tert-OH is 1. The average molecular weight is 303 g/mol. The molecule has 1 unspecified atom stereocenters. The van der Waals surface area contributed by atoms with Crippen molar-refractivity contribution in [3.63, 3.8) is 0 Å². The number of nitrogens with one attached hydrogen (secondary N) is 1. The minimum atomic E-state index is -0.694. The van der Waals surface area contributed by atoms with Gasteiger partial charge in [0.25, 0.3) is 0 Å². The predicted molar refractivity (Wildman–Crippen MR) is 82.6 cm³/mol. The highest BCUT2D eigenvalue weighted by Crippen LogP contribution is 2.27. The normalized spacial score (nSPS) is 11.5. The minimum Gasteiger partial charge on any atom is -0.497 e. The van der Waals surface area contributed by atoms with Crippen LogP contribution in [0.15, 0.2) is 42.5 Å². The van der Waals surface area contributed by atoms with E-state index in [1.807, 2.05) is 6.07 Å². The highest BCUT2D eigenvalue weighted by atomic mass is 35.5. The van der Waals surface area contributed by atoms with E-state index in [2.05, 4.69) is 5.32 Å². The van der Waals surface area contributed by atoms with Crippen molar-refractivity contribution in [1.29, 1.82) is 5.26 Å². The molecule has 0 bridgehead atoms. The number of hydrogen-bond donors (Lipinski definition) is 2. The smallest absolute Gasteiger partial charge is 0.121 e. The molecule has 0 amide bonds. The van der Waals surface area contributed by atoms with E-state index in [0.29, 0.717) is 28.6 Å². The van der Waals surface area contributed by atoms with E-state index in [1.165, 1.54) is 0 Å². The van der Waals surface area contributed by atoms with E-state index >= 15 is 0 Å². The second kappa shape index (κ2) is 6.98. The van der Waals surface area contributed by atoms with Crippen molar-refractivity contribution in [2.24, 2.45) is 0 Å². The fraction of sp³-hybridized carbons (Fsp3) is 0.188. The number of anilines is 1. The van der Waals surface area contributed by atoms with Gasteiger partial charge in [0.05, 0.1) is 35.6 Å². The van der Waals surface area contributed by atoms with Crippen LogP contribution in [0.25, 0.3) is 0 Å². The number of methoxy groups -OCH3 is 1. The van der Waals surface area contributed by atoms with Crippen LogP contribution < -0.4 is 10.1 Å². The van der Waals surface area contributed by atoms with Gasteiger partial charge in [-0.05, 0) is 29.8 Å². The van der Waals surface area contributed by atoms with Crippen LogP contribution in [0.5, 0.6) is 5.75 Å². The fourth-order valence-electron chi connectivity index (χ4n) is 1.87. The topological polar surface area (TPSA) is 65.3 Å². The zero-order chi connectivity index (χ0) is 15.2. The molecule has 2 N–H and O–H groups in total. The Hall–Kier alpha value is -2.22. The number of nitriles is 1. The maximum Gasteiger partial charge on any atom is 0.121 e. The molecule has 0 aromatic heterocycles. The lowest BCUT2D eigenvalue weighted by Crippen LogP contribution is -2.12. The van der Waals surface area contributed by atoms with Crippen molar-refractivity contribution in [1.82, 2.24) is 0 Å². The Morgan fingerprint density at radius 1 is 1.29 bits per heavy atom. The second-order valence-electron chi connectivity index (χ2n) is 4.48. The summed E-state index contributed by atoms with van der Waals surface area (Å²) in [6.45, 7) is 0.304. The molecule has 0 spiro atoms. The minimum absolute atomic E-state index is 0.304. The maximum atomic E-state index is 10.1. The van der Waals surface area contributed by atoms with Crippen molar-refractivity contribution in [2.75, 3.05) is 19.0 Å². The van der Waals surface area contributed by atoms with Crippen LogP contribution in [0.3, 0.4) is 0 Å². The number of halogens is 1. The molecule has 4 nitrogen and oxygen atoms in total. The number of ether oxygens (including phenoxy) is 1. The number of aliphatic hydroxyl groups is 1. The van der Waals surface area contributed by atoms with Gasteiger partial charge in [0, 0.05) is 12.6 Å². The lowest BCUT2D eigenvalue weighted by Gasteiger charge is -2.15. The molecule has 1 atom stereocenters. The largest absolute Gasteiger partial charge is 0.497 e. The van der Waals surface area contributed by atoms with Crippen molar-refractivity contribution in [3.05, 3.63) is 58.6 Å². The molecular formula is C16H15ClN2O2. The van der Waals surface area contributed by atoms with Crippen LogP contribution in [0.2, 0.25) is 5.02 Å². The lowest BCUT2D eigenvalue weighted by atomic mass is 10.1. The number of nitrogens with zero attached hydrogens (tertiary/aromatic N) is 1. The van der Waals surface area contributed by atoms with E-state index in [1.54, 1.807) is 49.6 Å². The van der Waals surface area contributed by atoms with Crippen LogP contribution in [-0.2, 0) is 0 Å². The first-order valence-electron chi connectivity index (χ1n) is 6.39. The molecule has 2 aromatic rings. The summed E-state index contributed by atoms with van der Waals surface area (Å²) in [5, 5.41) is 22.5. The average Bonchev–Trinajstić information content (AvgIpc) is 2.54. The van der Waals surface area contributed by atoms with E-state index in [-0.39, 0.29) is 0 Å². The molecule has 0 aliphatic heterocycles. The third-order valence-electron chi connectivity index (χ3n) is 3.08. The van der Waals surface area contributed by atoms with Gasteiger partial charge < -0.3 is 15.2 Å². The van der Waals surface area contributed by atoms with Crippen molar-refractivity contribution < 1.29 is 9.84 Å². The third kappa shape index (κ3) is 3.88. The summed E-state index contributed by atoms with van der Waals surface area (Å²) in [6, 6.07) is 14.1. The molecule has 2 rings (SSSR count). The van der Waals surface area contributed by atoms with E-state index in [4.69, 9.17) is 21.6 Å². The summed E-state index contributed by atoms with van der Waals surface area (Å²) in [5.74, 6) is 0.690. The summed E-state index contributed by atoms with van der Waals surface area (Å²) >= 11 is 6.09. The van der Waals surface area contributed by atoms with Crippen LogP contribution >= 0.6 is 11.6 Å². The molecule has 5 heteroatoms. The summed E-state index contributed by atoms with van der Waals surface area (Å²) in [5.41, 5.74) is 2.00. The molecule has 0 aliphatic carbocycles. The molecular weight excluding hydrogens is 288 g/mol. The Balaban J connectivity index is 2.03. The lowest BCUT2D eigenvalue weighted by molar-refractivity contribution is 0.191. The van der Waals surface area contributed by atoms with E-state index < -0.39 is 6.10 Å². The number of benzene rings is 2. The van der Waals surface area contributed by atoms with Gasteiger partial charge in [0.2, 0.25) is 0 Å². The van der Waals surface area contributed by atoms with Gasteiger partial charge in [-0.2, -0.15) is 5.26 Å². The summed E-state index contributed by atoms with van der Waals surface area (Å²) in [4.78, 5) is 0. The van der Waals surface area contributed by atoms with Gasteiger partial charge in [-0.25, -0.2) is 0 Å². The van der Waals surface area contributed by atoms with Gasteiger partial charge in [-0.3, -0.25) is 0 Å². The van der Waals surface area contributed by atoms with Crippen molar-refractivity contribution >= 4 is 17.3 Å². The number of hydrogen-bond acceptors (Lipinski definition) is 4.